The van der Waals surface area contributed by atoms with Crippen LogP contribution in [0, 0.1) is 5.92 Å². The van der Waals surface area contributed by atoms with Crippen LogP contribution >= 0.6 is 11.3 Å². The molecule has 7 heteroatoms. The third-order valence-electron chi connectivity index (χ3n) is 5.00. The highest BCUT2D eigenvalue weighted by molar-refractivity contribution is 7.18. The van der Waals surface area contributed by atoms with Gasteiger partial charge in [0, 0.05) is 17.9 Å². The summed E-state index contributed by atoms with van der Waals surface area (Å²) in [5, 5.41) is 6.40. The lowest BCUT2D eigenvalue weighted by molar-refractivity contribution is -0.117. The lowest BCUT2D eigenvalue weighted by Crippen LogP contribution is -2.12. The van der Waals surface area contributed by atoms with Gasteiger partial charge in [-0.3, -0.25) is 9.59 Å². The van der Waals surface area contributed by atoms with E-state index in [4.69, 9.17) is 4.74 Å². The normalized spacial score (nSPS) is 14.8. The maximum absolute atomic E-state index is 12.6. The summed E-state index contributed by atoms with van der Waals surface area (Å²) in [5.74, 6) is 1.34. The molecule has 1 saturated carbocycles. The number of hydrogen-bond acceptors (Lipinski definition) is 5. The van der Waals surface area contributed by atoms with Gasteiger partial charge in [-0.25, -0.2) is 4.98 Å². The molecule has 6 nitrogen and oxygen atoms in total. The molecule has 0 unspecified atom stereocenters. The van der Waals surface area contributed by atoms with Crippen molar-refractivity contribution in [1.29, 1.82) is 0 Å². The summed E-state index contributed by atoms with van der Waals surface area (Å²) in [6.45, 7) is 0.715. The molecule has 3 aromatic rings. The van der Waals surface area contributed by atoms with Gasteiger partial charge in [-0.2, -0.15) is 0 Å². The number of ether oxygens (including phenoxy) is 1. The zero-order chi connectivity index (χ0) is 19.8. The highest BCUT2D eigenvalue weighted by atomic mass is 32.1. The molecular weight excluding hydrogens is 386 g/mol. The van der Waals surface area contributed by atoms with E-state index < -0.39 is 0 Å². The molecule has 1 fully saturated rings. The van der Waals surface area contributed by atoms with Gasteiger partial charge in [0.15, 0.2) is 0 Å². The first-order chi connectivity index (χ1) is 14.2. The van der Waals surface area contributed by atoms with Crippen LogP contribution in [-0.2, 0) is 11.2 Å². The summed E-state index contributed by atoms with van der Waals surface area (Å²) in [7, 11) is 0. The van der Waals surface area contributed by atoms with E-state index in [0.717, 1.165) is 36.3 Å². The fraction of sp³-hybridized carbons (Fsp3) is 0.227. The number of pyridine rings is 1. The third kappa shape index (κ3) is 3.86. The standard InChI is InChI=1S/C22H19N3O3S/c26-21(13-4-5-13)25-20-9-8-18(29-20)22(27)24-19-3-1-2-16(23-19)14-6-7-17-15(12-14)10-11-28-17/h1-3,6-9,12-13H,4-5,10-11H2,(H,25,26)(H,23,24,27). The number of fused-ring (bicyclic) bond motifs is 1. The number of anilines is 2. The average Bonchev–Trinajstić information content (AvgIpc) is 3.30. The Hall–Kier alpha value is -3.19. The molecule has 0 radical (unpaired) electrons. The van der Waals surface area contributed by atoms with E-state index in [-0.39, 0.29) is 17.7 Å². The zero-order valence-corrected chi connectivity index (χ0v) is 16.4. The van der Waals surface area contributed by atoms with Crippen molar-refractivity contribution >= 4 is 34.0 Å². The fourth-order valence-electron chi connectivity index (χ4n) is 3.29. The molecule has 1 aliphatic heterocycles. The topological polar surface area (TPSA) is 80.3 Å². The van der Waals surface area contributed by atoms with Crippen LogP contribution in [0.4, 0.5) is 10.8 Å². The summed E-state index contributed by atoms with van der Waals surface area (Å²) in [6, 6.07) is 15.1. The quantitative estimate of drug-likeness (QED) is 0.661. The molecule has 1 aliphatic carbocycles. The molecule has 0 saturated heterocycles. The molecule has 29 heavy (non-hydrogen) atoms. The molecular formula is C22H19N3O3S. The molecule has 2 N–H and O–H groups in total. The highest BCUT2D eigenvalue weighted by Gasteiger charge is 2.29. The van der Waals surface area contributed by atoms with E-state index in [1.807, 2.05) is 24.3 Å². The molecule has 2 amide bonds. The Kier molecular flexibility index (Phi) is 4.52. The number of carbonyl (C=O) groups is 2. The minimum Gasteiger partial charge on any atom is -0.493 e. The minimum absolute atomic E-state index is 0.0351. The van der Waals surface area contributed by atoms with Crippen LogP contribution in [0.15, 0.2) is 48.5 Å². The lowest BCUT2D eigenvalue weighted by Gasteiger charge is -2.07. The first-order valence-corrected chi connectivity index (χ1v) is 10.4. The molecule has 1 aromatic carbocycles. The van der Waals surface area contributed by atoms with Gasteiger partial charge in [0.1, 0.15) is 11.6 Å². The van der Waals surface area contributed by atoms with E-state index in [1.54, 1.807) is 18.2 Å². The molecule has 2 aliphatic rings. The van der Waals surface area contributed by atoms with Crippen LogP contribution < -0.4 is 15.4 Å². The molecule has 3 heterocycles. The molecule has 2 aromatic heterocycles. The van der Waals surface area contributed by atoms with Gasteiger partial charge in [-0.1, -0.05) is 6.07 Å². The van der Waals surface area contributed by atoms with Crippen molar-refractivity contribution in [3.63, 3.8) is 0 Å². The Labute approximate surface area is 171 Å². The number of thiophene rings is 1. The number of aromatic nitrogens is 1. The molecule has 0 spiro atoms. The van der Waals surface area contributed by atoms with Crippen LogP contribution in [0.3, 0.4) is 0 Å². The van der Waals surface area contributed by atoms with Gasteiger partial charge in [0.05, 0.1) is 22.2 Å². The second kappa shape index (κ2) is 7.33. The second-order valence-corrected chi connectivity index (χ2v) is 8.29. The van der Waals surface area contributed by atoms with Crippen LogP contribution in [0.5, 0.6) is 5.75 Å². The summed E-state index contributed by atoms with van der Waals surface area (Å²) in [6.07, 6.45) is 2.80. The largest absolute Gasteiger partial charge is 0.493 e. The van der Waals surface area contributed by atoms with Crippen molar-refractivity contribution in [3.8, 4) is 17.0 Å². The average molecular weight is 405 g/mol. The maximum Gasteiger partial charge on any atom is 0.266 e. The highest BCUT2D eigenvalue weighted by Crippen LogP contribution is 2.32. The van der Waals surface area contributed by atoms with Crippen LogP contribution in [0.2, 0.25) is 0 Å². The minimum atomic E-state index is -0.242. The number of rotatable bonds is 5. The van der Waals surface area contributed by atoms with E-state index in [9.17, 15) is 9.59 Å². The first-order valence-electron chi connectivity index (χ1n) is 9.61. The lowest BCUT2D eigenvalue weighted by atomic mass is 10.1. The second-order valence-electron chi connectivity index (χ2n) is 7.21. The number of nitrogens with one attached hydrogen (secondary N) is 2. The number of nitrogens with zero attached hydrogens (tertiary/aromatic N) is 1. The van der Waals surface area contributed by atoms with Gasteiger partial charge in [0.25, 0.3) is 5.91 Å². The smallest absolute Gasteiger partial charge is 0.266 e. The van der Waals surface area contributed by atoms with E-state index in [1.165, 1.54) is 16.9 Å². The number of amides is 2. The Bertz CT molecular complexity index is 1100. The van der Waals surface area contributed by atoms with E-state index >= 15 is 0 Å². The van der Waals surface area contributed by atoms with E-state index in [2.05, 4.69) is 21.7 Å². The Morgan fingerprint density at radius 2 is 1.97 bits per heavy atom. The summed E-state index contributed by atoms with van der Waals surface area (Å²) >= 11 is 1.26. The molecule has 0 atom stereocenters. The Morgan fingerprint density at radius 3 is 2.83 bits per heavy atom. The number of benzene rings is 1. The van der Waals surface area contributed by atoms with Gasteiger partial charge in [0.2, 0.25) is 5.91 Å². The SMILES string of the molecule is O=C(Nc1cccc(-c2ccc3c(c2)CCO3)n1)c1ccc(NC(=O)C2CC2)s1. The maximum atomic E-state index is 12.6. The van der Waals surface area contributed by atoms with Crippen molar-refractivity contribution in [3.05, 3.63) is 59.0 Å². The van der Waals surface area contributed by atoms with Crippen molar-refractivity contribution < 1.29 is 14.3 Å². The van der Waals surface area contributed by atoms with Crippen LogP contribution in [-0.4, -0.2) is 23.4 Å². The zero-order valence-electron chi connectivity index (χ0n) is 15.6. The van der Waals surface area contributed by atoms with Crippen molar-refractivity contribution in [2.75, 3.05) is 17.2 Å². The summed E-state index contributed by atoms with van der Waals surface area (Å²) in [4.78, 5) is 29.6. The predicted octanol–water partition coefficient (Wildman–Crippen LogP) is 4.35. The summed E-state index contributed by atoms with van der Waals surface area (Å²) < 4.78 is 5.55. The van der Waals surface area contributed by atoms with Gasteiger partial charge in [-0.15, -0.1) is 11.3 Å². The van der Waals surface area contributed by atoms with E-state index in [0.29, 0.717) is 22.3 Å². The Morgan fingerprint density at radius 1 is 1.07 bits per heavy atom. The monoisotopic (exact) mass is 405 g/mol. The number of carbonyl (C=O) groups excluding carboxylic acids is 2. The Balaban J connectivity index is 1.29. The first kappa shape index (κ1) is 17.9. The predicted molar refractivity (Wildman–Crippen MR) is 112 cm³/mol. The van der Waals surface area contributed by atoms with Crippen molar-refractivity contribution in [2.24, 2.45) is 5.92 Å². The van der Waals surface area contributed by atoms with Gasteiger partial charge < -0.3 is 15.4 Å². The van der Waals surface area contributed by atoms with Crippen molar-refractivity contribution in [2.45, 2.75) is 19.3 Å². The summed E-state index contributed by atoms with van der Waals surface area (Å²) in [5.41, 5.74) is 2.96. The third-order valence-corrected chi connectivity index (χ3v) is 6.00. The molecule has 5 rings (SSSR count). The van der Waals surface area contributed by atoms with Crippen LogP contribution in [0.25, 0.3) is 11.3 Å². The number of hydrogen-bond donors (Lipinski definition) is 2. The molecule has 146 valence electrons. The molecule has 0 bridgehead atoms. The van der Waals surface area contributed by atoms with Crippen LogP contribution in [0.1, 0.15) is 28.1 Å². The van der Waals surface area contributed by atoms with Gasteiger partial charge in [-0.05, 0) is 60.9 Å². The van der Waals surface area contributed by atoms with Crippen molar-refractivity contribution in [1.82, 2.24) is 4.98 Å². The van der Waals surface area contributed by atoms with Gasteiger partial charge >= 0.3 is 0 Å². The fourth-order valence-corrected chi connectivity index (χ4v) is 4.09.